The van der Waals surface area contributed by atoms with Gasteiger partial charge in [-0.25, -0.2) is 0 Å². The number of rotatable bonds is 1. The summed E-state index contributed by atoms with van der Waals surface area (Å²) in [5.41, 5.74) is 1.30. The third-order valence-electron chi connectivity index (χ3n) is 3.31. The lowest BCUT2D eigenvalue weighted by molar-refractivity contribution is 0.512. The van der Waals surface area contributed by atoms with Gasteiger partial charge in [-0.05, 0) is 40.4 Å². The standard InChI is InChI=1S/C12H13BrN2/c13-9-5-8(6-14-7-9)11-3-1-10-2-4-12(11)15-10/h1,3,5-7,10-12,15H,2,4H2. The van der Waals surface area contributed by atoms with E-state index in [1.165, 1.54) is 18.4 Å². The van der Waals surface area contributed by atoms with Crippen molar-refractivity contribution >= 4 is 15.9 Å². The molecule has 78 valence electrons. The lowest BCUT2D eigenvalue weighted by Crippen LogP contribution is -2.35. The quantitative estimate of drug-likeness (QED) is 0.789. The highest BCUT2D eigenvalue weighted by atomic mass is 79.9. The van der Waals surface area contributed by atoms with Gasteiger partial charge in [0.2, 0.25) is 0 Å². The molecule has 0 radical (unpaired) electrons. The van der Waals surface area contributed by atoms with Gasteiger partial charge >= 0.3 is 0 Å². The summed E-state index contributed by atoms with van der Waals surface area (Å²) < 4.78 is 1.06. The van der Waals surface area contributed by atoms with Gasteiger partial charge in [0.25, 0.3) is 0 Å². The van der Waals surface area contributed by atoms with Crippen LogP contribution in [0.15, 0.2) is 35.1 Å². The molecule has 3 atom stereocenters. The van der Waals surface area contributed by atoms with E-state index in [2.05, 4.69) is 44.4 Å². The Morgan fingerprint density at radius 3 is 3.07 bits per heavy atom. The van der Waals surface area contributed by atoms with Crippen molar-refractivity contribution in [1.82, 2.24) is 10.3 Å². The lowest BCUT2D eigenvalue weighted by atomic mass is 9.91. The molecule has 1 aromatic rings. The molecule has 1 aromatic heterocycles. The molecule has 3 heteroatoms. The summed E-state index contributed by atoms with van der Waals surface area (Å²) in [6, 6.07) is 3.39. The van der Waals surface area contributed by atoms with Crippen LogP contribution < -0.4 is 5.32 Å². The minimum atomic E-state index is 0.494. The largest absolute Gasteiger partial charge is 0.307 e. The second-order valence-corrected chi connectivity index (χ2v) is 5.22. The number of nitrogens with zero attached hydrogens (tertiary/aromatic N) is 1. The van der Waals surface area contributed by atoms with Crippen LogP contribution in [0.25, 0.3) is 0 Å². The summed E-state index contributed by atoms with van der Waals surface area (Å²) in [4.78, 5) is 4.23. The predicted octanol–water partition coefficient (Wildman–Crippen LogP) is 2.62. The van der Waals surface area contributed by atoms with Crippen LogP contribution in [0.1, 0.15) is 24.3 Å². The maximum absolute atomic E-state index is 4.23. The molecule has 2 aliphatic rings. The van der Waals surface area contributed by atoms with Crippen LogP contribution in [0.5, 0.6) is 0 Å². The van der Waals surface area contributed by atoms with E-state index in [1.54, 1.807) is 0 Å². The van der Waals surface area contributed by atoms with Crippen LogP contribution in [0.3, 0.4) is 0 Å². The van der Waals surface area contributed by atoms with E-state index in [9.17, 15) is 0 Å². The molecule has 1 fully saturated rings. The van der Waals surface area contributed by atoms with Crippen molar-refractivity contribution in [3.63, 3.8) is 0 Å². The second kappa shape index (κ2) is 3.72. The predicted molar refractivity (Wildman–Crippen MR) is 63.8 cm³/mol. The van der Waals surface area contributed by atoms with Gasteiger partial charge in [-0.2, -0.15) is 0 Å². The summed E-state index contributed by atoms with van der Waals surface area (Å²) in [5, 5.41) is 3.63. The van der Waals surface area contributed by atoms with Gasteiger partial charge < -0.3 is 5.32 Å². The highest BCUT2D eigenvalue weighted by Crippen LogP contribution is 2.33. The minimum Gasteiger partial charge on any atom is -0.307 e. The van der Waals surface area contributed by atoms with Gasteiger partial charge in [-0.15, -0.1) is 0 Å². The Morgan fingerprint density at radius 1 is 1.27 bits per heavy atom. The molecular formula is C12H13BrN2. The van der Waals surface area contributed by atoms with E-state index < -0.39 is 0 Å². The molecular weight excluding hydrogens is 252 g/mol. The molecule has 0 amide bonds. The summed E-state index contributed by atoms with van der Waals surface area (Å²) in [6.45, 7) is 0. The molecule has 1 N–H and O–H groups in total. The van der Waals surface area contributed by atoms with Crippen LogP contribution in [0, 0.1) is 0 Å². The number of hydrogen-bond acceptors (Lipinski definition) is 2. The Morgan fingerprint density at radius 2 is 2.20 bits per heavy atom. The normalized spacial score (nSPS) is 33.3. The zero-order valence-electron chi connectivity index (χ0n) is 8.36. The molecule has 2 bridgehead atoms. The van der Waals surface area contributed by atoms with Crippen molar-refractivity contribution in [2.45, 2.75) is 30.8 Å². The molecule has 15 heavy (non-hydrogen) atoms. The molecule has 0 spiro atoms. The number of fused-ring (bicyclic) bond motifs is 2. The topological polar surface area (TPSA) is 24.9 Å². The summed E-state index contributed by atoms with van der Waals surface area (Å²) >= 11 is 3.47. The first-order valence-corrected chi connectivity index (χ1v) is 6.17. The fraction of sp³-hybridized carbons (Fsp3) is 0.417. The number of nitrogens with one attached hydrogen (secondary N) is 1. The van der Waals surface area contributed by atoms with Crippen LogP contribution in [-0.4, -0.2) is 17.1 Å². The number of halogens is 1. The third kappa shape index (κ3) is 1.74. The van der Waals surface area contributed by atoms with E-state index in [-0.39, 0.29) is 0 Å². The van der Waals surface area contributed by atoms with Crippen molar-refractivity contribution in [1.29, 1.82) is 0 Å². The Hall–Kier alpha value is -0.670. The number of pyridine rings is 1. The van der Waals surface area contributed by atoms with E-state index in [0.717, 1.165) is 4.47 Å². The molecule has 2 aliphatic heterocycles. The monoisotopic (exact) mass is 264 g/mol. The molecule has 2 nitrogen and oxygen atoms in total. The average Bonchev–Trinajstić information content (AvgIpc) is 2.61. The molecule has 0 saturated carbocycles. The SMILES string of the molecule is Brc1cncc(C2C=CC3CCC2N3)c1. The van der Waals surface area contributed by atoms with Crippen LogP contribution in [0.4, 0.5) is 0 Å². The van der Waals surface area contributed by atoms with E-state index in [0.29, 0.717) is 18.0 Å². The van der Waals surface area contributed by atoms with Crippen molar-refractivity contribution in [3.05, 3.63) is 40.6 Å². The molecule has 0 aliphatic carbocycles. The minimum absolute atomic E-state index is 0.494. The average molecular weight is 265 g/mol. The second-order valence-electron chi connectivity index (χ2n) is 4.30. The molecule has 3 heterocycles. The van der Waals surface area contributed by atoms with Gasteiger partial charge in [0.1, 0.15) is 0 Å². The third-order valence-corrected chi connectivity index (χ3v) is 3.75. The zero-order valence-corrected chi connectivity index (χ0v) is 9.94. The van der Waals surface area contributed by atoms with Gasteiger partial charge in [0, 0.05) is 34.9 Å². The highest BCUT2D eigenvalue weighted by molar-refractivity contribution is 9.10. The van der Waals surface area contributed by atoms with Crippen LogP contribution in [-0.2, 0) is 0 Å². The zero-order chi connectivity index (χ0) is 10.3. The first-order chi connectivity index (χ1) is 7.33. The number of aromatic nitrogens is 1. The van der Waals surface area contributed by atoms with Crippen LogP contribution in [0.2, 0.25) is 0 Å². The smallest absolute Gasteiger partial charge is 0.0410 e. The summed E-state index contributed by atoms with van der Waals surface area (Å²) in [6.07, 6.45) is 11.0. The van der Waals surface area contributed by atoms with Crippen molar-refractivity contribution in [2.24, 2.45) is 0 Å². The maximum Gasteiger partial charge on any atom is 0.0410 e. The Balaban J connectivity index is 1.94. The Labute approximate surface area is 97.9 Å². The van der Waals surface area contributed by atoms with Crippen molar-refractivity contribution in [3.8, 4) is 0 Å². The first-order valence-electron chi connectivity index (χ1n) is 5.38. The summed E-state index contributed by atoms with van der Waals surface area (Å²) in [5.74, 6) is 0.494. The molecule has 3 rings (SSSR count). The van der Waals surface area contributed by atoms with Crippen LogP contribution >= 0.6 is 15.9 Å². The van der Waals surface area contributed by atoms with Crippen molar-refractivity contribution < 1.29 is 0 Å². The van der Waals surface area contributed by atoms with Gasteiger partial charge in [-0.3, -0.25) is 4.98 Å². The lowest BCUT2D eigenvalue weighted by Gasteiger charge is -2.25. The summed E-state index contributed by atoms with van der Waals surface area (Å²) in [7, 11) is 0. The molecule has 3 unspecified atom stereocenters. The molecule has 1 saturated heterocycles. The van der Waals surface area contributed by atoms with Gasteiger partial charge in [0.15, 0.2) is 0 Å². The van der Waals surface area contributed by atoms with Gasteiger partial charge in [-0.1, -0.05) is 12.2 Å². The molecule has 0 aromatic carbocycles. The van der Waals surface area contributed by atoms with E-state index >= 15 is 0 Å². The first kappa shape index (κ1) is 9.55. The number of hydrogen-bond donors (Lipinski definition) is 1. The fourth-order valence-electron chi connectivity index (χ4n) is 2.58. The fourth-order valence-corrected chi connectivity index (χ4v) is 2.96. The maximum atomic E-state index is 4.23. The Bertz CT molecular complexity index is 402. The van der Waals surface area contributed by atoms with E-state index in [4.69, 9.17) is 0 Å². The van der Waals surface area contributed by atoms with E-state index in [1.807, 2.05) is 12.4 Å². The Kier molecular flexibility index (Phi) is 2.37. The van der Waals surface area contributed by atoms with Gasteiger partial charge in [0.05, 0.1) is 0 Å². The highest BCUT2D eigenvalue weighted by Gasteiger charge is 2.32. The van der Waals surface area contributed by atoms with Crippen molar-refractivity contribution in [2.75, 3.05) is 0 Å².